The first-order valence-corrected chi connectivity index (χ1v) is 4.84. The van der Waals surface area contributed by atoms with E-state index in [1.54, 1.807) is 18.2 Å². The molecule has 2 rings (SSSR count). The fourth-order valence-electron chi connectivity index (χ4n) is 1.28. The lowest BCUT2D eigenvalue weighted by molar-refractivity contribution is 0.111. The Bertz CT molecular complexity index is 496. The molecule has 0 bridgehead atoms. The van der Waals surface area contributed by atoms with Gasteiger partial charge in [0.15, 0.2) is 12.9 Å². The lowest BCUT2D eigenvalue weighted by Gasteiger charge is -2.07. The van der Waals surface area contributed by atoms with Crippen LogP contribution in [0.5, 0.6) is 11.5 Å². The summed E-state index contributed by atoms with van der Waals surface area (Å²) in [7, 11) is 1.53. The van der Waals surface area contributed by atoms with E-state index in [-0.39, 0.29) is 6.61 Å². The van der Waals surface area contributed by atoms with Crippen molar-refractivity contribution in [3.8, 4) is 11.5 Å². The number of methoxy groups -OCH3 is 1. The SMILES string of the molecule is COc1ccc(OCc2ncon2)c(C=O)c1. The van der Waals surface area contributed by atoms with Crippen LogP contribution in [0.2, 0.25) is 0 Å². The number of nitrogens with zero attached hydrogens (tertiary/aromatic N) is 2. The van der Waals surface area contributed by atoms with E-state index in [2.05, 4.69) is 14.7 Å². The van der Waals surface area contributed by atoms with Gasteiger partial charge in [-0.1, -0.05) is 5.16 Å². The number of ether oxygens (including phenoxy) is 2. The Hall–Kier alpha value is -2.37. The number of hydrogen-bond donors (Lipinski definition) is 0. The molecule has 6 heteroatoms. The zero-order chi connectivity index (χ0) is 12.1. The number of aromatic nitrogens is 2. The Balaban J connectivity index is 2.12. The van der Waals surface area contributed by atoms with Gasteiger partial charge in [0.1, 0.15) is 11.5 Å². The highest BCUT2D eigenvalue weighted by Crippen LogP contribution is 2.23. The molecule has 17 heavy (non-hydrogen) atoms. The number of aldehydes is 1. The zero-order valence-electron chi connectivity index (χ0n) is 9.12. The van der Waals surface area contributed by atoms with Gasteiger partial charge in [-0.2, -0.15) is 4.98 Å². The standard InChI is InChI=1S/C11H10N2O4/c1-15-9-2-3-10(8(4-9)5-14)16-6-11-12-7-17-13-11/h2-5,7H,6H2,1H3. The monoisotopic (exact) mass is 234 g/mol. The highest BCUT2D eigenvalue weighted by atomic mass is 16.5. The summed E-state index contributed by atoms with van der Waals surface area (Å²) in [6.45, 7) is 0.143. The molecule has 2 aromatic rings. The summed E-state index contributed by atoms with van der Waals surface area (Å²) in [5, 5.41) is 3.60. The summed E-state index contributed by atoms with van der Waals surface area (Å²) in [6, 6.07) is 4.96. The maximum absolute atomic E-state index is 10.9. The molecule has 0 aliphatic rings. The summed E-state index contributed by atoms with van der Waals surface area (Å²) in [6.07, 6.45) is 1.92. The fourth-order valence-corrected chi connectivity index (χ4v) is 1.28. The molecule has 1 aromatic carbocycles. The van der Waals surface area contributed by atoms with Gasteiger partial charge in [-0.3, -0.25) is 4.79 Å². The fraction of sp³-hybridized carbons (Fsp3) is 0.182. The number of hydrogen-bond acceptors (Lipinski definition) is 6. The molecule has 0 atom stereocenters. The van der Waals surface area contributed by atoms with Crippen LogP contribution < -0.4 is 9.47 Å². The van der Waals surface area contributed by atoms with Gasteiger partial charge in [0, 0.05) is 0 Å². The van der Waals surface area contributed by atoms with Crippen molar-refractivity contribution in [2.45, 2.75) is 6.61 Å². The second kappa shape index (κ2) is 5.11. The summed E-state index contributed by atoms with van der Waals surface area (Å²) in [5.74, 6) is 1.46. The molecule has 0 aliphatic carbocycles. The Morgan fingerprint density at radius 3 is 3.00 bits per heavy atom. The minimum Gasteiger partial charge on any atom is -0.497 e. The third-order valence-electron chi connectivity index (χ3n) is 2.11. The number of benzene rings is 1. The van der Waals surface area contributed by atoms with Gasteiger partial charge in [-0.05, 0) is 18.2 Å². The summed E-state index contributed by atoms with van der Waals surface area (Å²) in [4.78, 5) is 14.7. The van der Waals surface area contributed by atoms with Crippen LogP contribution in [0.4, 0.5) is 0 Å². The summed E-state index contributed by atoms with van der Waals surface area (Å²) >= 11 is 0. The van der Waals surface area contributed by atoms with Crippen molar-refractivity contribution in [1.29, 1.82) is 0 Å². The Morgan fingerprint density at radius 2 is 2.35 bits per heavy atom. The van der Waals surface area contributed by atoms with Gasteiger partial charge in [0.2, 0.25) is 12.2 Å². The van der Waals surface area contributed by atoms with Crippen LogP contribution in [0.1, 0.15) is 16.2 Å². The molecule has 88 valence electrons. The van der Waals surface area contributed by atoms with Crippen molar-refractivity contribution < 1.29 is 18.8 Å². The summed E-state index contributed by atoms with van der Waals surface area (Å²) < 4.78 is 15.0. The largest absolute Gasteiger partial charge is 0.497 e. The molecule has 0 fully saturated rings. The van der Waals surface area contributed by atoms with Gasteiger partial charge in [0.05, 0.1) is 12.7 Å². The van der Waals surface area contributed by atoms with Crippen molar-refractivity contribution >= 4 is 6.29 Å². The van der Waals surface area contributed by atoms with Gasteiger partial charge >= 0.3 is 0 Å². The van der Waals surface area contributed by atoms with Crippen molar-refractivity contribution in [2.75, 3.05) is 7.11 Å². The summed E-state index contributed by atoms with van der Waals surface area (Å²) in [5.41, 5.74) is 0.410. The van der Waals surface area contributed by atoms with Crippen LogP contribution in [-0.4, -0.2) is 23.5 Å². The second-order valence-corrected chi connectivity index (χ2v) is 3.16. The molecule has 0 unspecified atom stereocenters. The quantitative estimate of drug-likeness (QED) is 0.729. The van der Waals surface area contributed by atoms with Gasteiger partial charge in [-0.25, -0.2) is 0 Å². The molecule has 1 aromatic heterocycles. The average Bonchev–Trinajstić information content (AvgIpc) is 2.89. The normalized spacial score (nSPS) is 9.94. The predicted molar refractivity (Wildman–Crippen MR) is 57.0 cm³/mol. The minimum absolute atomic E-state index is 0.143. The van der Waals surface area contributed by atoms with Crippen LogP contribution in [0.3, 0.4) is 0 Å². The third-order valence-corrected chi connectivity index (χ3v) is 2.11. The molecular weight excluding hydrogens is 224 g/mol. The molecule has 0 saturated carbocycles. The topological polar surface area (TPSA) is 74.5 Å². The molecule has 0 spiro atoms. The van der Waals surface area contributed by atoms with Gasteiger partial charge in [0.25, 0.3) is 0 Å². The first-order chi connectivity index (χ1) is 8.33. The molecule has 0 saturated heterocycles. The zero-order valence-corrected chi connectivity index (χ0v) is 9.12. The van der Waals surface area contributed by atoms with Crippen LogP contribution >= 0.6 is 0 Å². The molecular formula is C11H10N2O4. The van der Waals surface area contributed by atoms with Crippen LogP contribution in [0.25, 0.3) is 0 Å². The van der Waals surface area contributed by atoms with Gasteiger partial charge in [-0.15, -0.1) is 0 Å². The van der Waals surface area contributed by atoms with Crippen molar-refractivity contribution in [1.82, 2.24) is 10.1 Å². The molecule has 0 aliphatic heterocycles. The number of carbonyl (C=O) groups excluding carboxylic acids is 1. The number of rotatable bonds is 5. The smallest absolute Gasteiger partial charge is 0.213 e. The predicted octanol–water partition coefficient (Wildman–Crippen LogP) is 1.47. The van der Waals surface area contributed by atoms with E-state index >= 15 is 0 Å². The van der Waals surface area contributed by atoms with E-state index in [4.69, 9.17) is 9.47 Å². The number of carbonyl (C=O) groups is 1. The maximum Gasteiger partial charge on any atom is 0.213 e. The van der Waals surface area contributed by atoms with E-state index in [0.717, 1.165) is 0 Å². The Labute approximate surface area is 97.2 Å². The van der Waals surface area contributed by atoms with E-state index in [0.29, 0.717) is 29.2 Å². The van der Waals surface area contributed by atoms with Crippen molar-refractivity contribution in [3.05, 3.63) is 36.0 Å². The first kappa shape index (κ1) is 11.1. The molecule has 0 radical (unpaired) electrons. The molecule has 0 N–H and O–H groups in total. The third kappa shape index (κ3) is 2.60. The van der Waals surface area contributed by atoms with E-state index in [1.165, 1.54) is 13.5 Å². The van der Waals surface area contributed by atoms with E-state index < -0.39 is 0 Å². The lowest BCUT2D eigenvalue weighted by atomic mass is 10.2. The molecule has 1 heterocycles. The van der Waals surface area contributed by atoms with Crippen LogP contribution in [0.15, 0.2) is 29.1 Å². The van der Waals surface area contributed by atoms with E-state index in [1.807, 2.05) is 0 Å². The lowest BCUT2D eigenvalue weighted by Crippen LogP contribution is -2.00. The van der Waals surface area contributed by atoms with E-state index in [9.17, 15) is 4.79 Å². The van der Waals surface area contributed by atoms with Gasteiger partial charge < -0.3 is 14.0 Å². The minimum atomic E-state index is 0.143. The van der Waals surface area contributed by atoms with Crippen LogP contribution in [0, 0.1) is 0 Å². The van der Waals surface area contributed by atoms with Crippen molar-refractivity contribution in [3.63, 3.8) is 0 Å². The Morgan fingerprint density at radius 1 is 1.47 bits per heavy atom. The van der Waals surface area contributed by atoms with Crippen molar-refractivity contribution in [2.24, 2.45) is 0 Å². The first-order valence-electron chi connectivity index (χ1n) is 4.84. The Kier molecular flexibility index (Phi) is 3.34. The molecule has 0 amide bonds. The highest BCUT2D eigenvalue weighted by molar-refractivity contribution is 5.80. The second-order valence-electron chi connectivity index (χ2n) is 3.16. The average molecular weight is 234 g/mol. The van der Waals surface area contributed by atoms with Crippen LogP contribution in [-0.2, 0) is 6.61 Å². The molecule has 6 nitrogen and oxygen atoms in total. The highest BCUT2D eigenvalue weighted by Gasteiger charge is 2.06. The maximum atomic E-state index is 10.9.